The summed E-state index contributed by atoms with van der Waals surface area (Å²) in [5.41, 5.74) is 2.33. The Morgan fingerprint density at radius 2 is 1.47 bits per heavy atom. The Bertz CT molecular complexity index is 1030. The van der Waals surface area contributed by atoms with Crippen LogP contribution < -0.4 is 10.6 Å². The van der Waals surface area contributed by atoms with Crippen molar-refractivity contribution in [3.63, 3.8) is 0 Å². The molecular weight excluding hydrogens is 426 g/mol. The number of nitrogens with one attached hydrogen (secondary N) is 2. The third kappa shape index (κ3) is 6.17. The van der Waals surface area contributed by atoms with Crippen molar-refractivity contribution in [2.75, 3.05) is 23.7 Å². The molecule has 3 rings (SSSR count). The van der Waals surface area contributed by atoms with Gasteiger partial charge in [0.25, 0.3) is 0 Å². The molecule has 0 saturated heterocycles. The molecule has 2 aromatic rings. The van der Waals surface area contributed by atoms with E-state index in [9.17, 15) is 18.0 Å². The lowest BCUT2D eigenvalue weighted by Crippen LogP contribution is -2.37. The third-order valence-electron chi connectivity index (χ3n) is 5.76. The van der Waals surface area contributed by atoms with E-state index < -0.39 is 15.9 Å². The summed E-state index contributed by atoms with van der Waals surface area (Å²) in [6, 6.07) is 13.8. The number of carbonyl (C=O) groups is 2. The zero-order chi connectivity index (χ0) is 23.1. The van der Waals surface area contributed by atoms with Crippen molar-refractivity contribution in [2.24, 2.45) is 0 Å². The number of nitrogens with zero attached hydrogens (tertiary/aromatic N) is 1. The van der Waals surface area contributed by atoms with Gasteiger partial charge in [-0.05, 0) is 60.7 Å². The number of anilines is 2. The van der Waals surface area contributed by atoms with Gasteiger partial charge < -0.3 is 10.6 Å². The fourth-order valence-electron chi connectivity index (χ4n) is 4.06. The average Bonchev–Trinajstić information content (AvgIpc) is 2.79. The first kappa shape index (κ1) is 23.9. The molecule has 0 radical (unpaired) electrons. The van der Waals surface area contributed by atoms with E-state index in [1.54, 1.807) is 43.3 Å². The van der Waals surface area contributed by atoms with Crippen molar-refractivity contribution < 1.29 is 18.0 Å². The maximum Gasteiger partial charge on any atom is 0.243 e. The van der Waals surface area contributed by atoms with Crippen LogP contribution in [0.3, 0.4) is 0 Å². The summed E-state index contributed by atoms with van der Waals surface area (Å²) in [5, 5.41) is 5.36. The van der Waals surface area contributed by atoms with Crippen LogP contribution in [0.4, 0.5) is 11.4 Å². The van der Waals surface area contributed by atoms with E-state index >= 15 is 0 Å². The van der Waals surface area contributed by atoms with Gasteiger partial charge in [-0.2, -0.15) is 4.31 Å². The SMILES string of the molecule is CCN(CC(=O)Nc1ccc(NC(C)=O)cc1)S(=O)(=O)c1ccc(C2CCCCC2)cc1. The molecule has 0 spiro atoms. The van der Waals surface area contributed by atoms with Crippen molar-refractivity contribution >= 4 is 33.2 Å². The Kier molecular flexibility index (Phi) is 8.04. The second-order valence-corrected chi connectivity index (χ2v) is 10.1. The second kappa shape index (κ2) is 10.7. The molecule has 0 aliphatic heterocycles. The summed E-state index contributed by atoms with van der Waals surface area (Å²) in [6.07, 6.45) is 6.02. The molecule has 7 nitrogen and oxygen atoms in total. The first-order chi connectivity index (χ1) is 15.3. The number of benzene rings is 2. The van der Waals surface area contributed by atoms with Crippen LogP contribution in [0.5, 0.6) is 0 Å². The molecule has 0 bridgehead atoms. The highest BCUT2D eigenvalue weighted by Gasteiger charge is 2.26. The molecule has 1 fully saturated rings. The number of hydrogen-bond donors (Lipinski definition) is 2. The monoisotopic (exact) mass is 457 g/mol. The van der Waals surface area contributed by atoms with E-state index in [0.717, 1.165) is 12.8 Å². The minimum Gasteiger partial charge on any atom is -0.326 e. The van der Waals surface area contributed by atoms with E-state index in [1.807, 2.05) is 12.1 Å². The maximum atomic E-state index is 13.1. The predicted octanol–water partition coefficient (Wildman–Crippen LogP) is 4.34. The van der Waals surface area contributed by atoms with Gasteiger partial charge in [0.05, 0.1) is 11.4 Å². The van der Waals surface area contributed by atoms with Crippen molar-refractivity contribution in [3.8, 4) is 0 Å². The molecule has 1 aliphatic carbocycles. The number of carbonyl (C=O) groups excluding carboxylic acids is 2. The highest BCUT2D eigenvalue weighted by molar-refractivity contribution is 7.89. The molecule has 8 heteroatoms. The van der Waals surface area contributed by atoms with Crippen LogP contribution in [-0.4, -0.2) is 37.6 Å². The van der Waals surface area contributed by atoms with Crippen molar-refractivity contribution in [1.82, 2.24) is 4.31 Å². The van der Waals surface area contributed by atoms with Crippen LogP contribution in [0.1, 0.15) is 57.4 Å². The van der Waals surface area contributed by atoms with Crippen molar-refractivity contribution in [3.05, 3.63) is 54.1 Å². The number of likely N-dealkylation sites (N-methyl/N-ethyl adjacent to an activating group) is 1. The van der Waals surface area contributed by atoms with Crippen molar-refractivity contribution in [2.45, 2.75) is 56.8 Å². The number of sulfonamides is 1. The Balaban J connectivity index is 1.64. The molecule has 2 aromatic carbocycles. The molecule has 2 N–H and O–H groups in total. The number of rotatable bonds is 8. The van der Waals surface area contributed by atoms with Crippen LogP contribution in [0.25, 0.3) is 0 Å². The number of hydrogen-bond acceptors (Lipinski definition) is 4. The largest absolute Gasteiger partial charge is 0.326 e. The molecule has 2 amide bonds. The van der Waals surface area contributed by atoms with Gasteiger partial charge in [0.15, 0.2) is 0 Å². The standard InChI is InChI=1S/C24H31N3O4S/c1-3-27(17-24(29)26-22-13-11-21(12-14-22)25-18(2)28)32(30,31)23-15-9-20(10-16-23)19-7-5-4-6-8-19/h9-16,19H,3-8,17H2,1-2H3,(H,25,28)(H,26,29). The quantitative estimate of drug-likeness (QED) is 0.616. The Hall–Kier alpha value is -2.71. The summed E-state index contributed by atoms with van der Waals surface area (Å²) >= 11 is 0. The lowest BCUT2D eigenvalue weighted by atomic mass is 9.84. The summed E-state index contributed by atoms with van der Waals surface area (Å²) in [6.45, 7) is 3.03. The van der Waals surface area contributed by atoms with Crippen LogP contribution in [0, 0.1) is 0 Å². The van der Waals surface area contributed by atoms with Gasteiger partial charge in [0, 0.05) is 24.8 Å². The Labute approximate surface area is 190 Å². The van der Waals surface area contributed by atoms with E-state index in [2.05, 4.69) is 10.6 Å². The second-order valence-electron chi connectivity index (χ2n) is 8.14. The normalized spacial score (nSPS) is 14.8. The highest BCUT2D eigenvalue weighted by atomic mass is 32.2. The summed E-state index contributed by atoms with van der Waals surface area (Å²) < 4.78 is 27.4. The smallest absolute Gasteiger partial charge is 0.243 e. The Morgan fingerprint density at radius 3 is 2.00 bits per heavy atom. The zero-order valence-electron chi connectivity index (χ0n) is 18.6. The molecule has 1 saturated carbocycles. The lowest BCUT2D eigenvalue weighted by Gasteiger charge is -2.23. The van der Waals surface area contributed by atoms with Crippen LogP contribution >= 0.6 is 0 Å². The summed E-state index contributed by atoms with van der Waals surface area (Å²) in [4.78, 5) is 23.8. The molecule has 0 aromatic heterocycles. The summed E-state index contributed by atoms with van der Waals surface area (Å²) in [5.74, 6) is -0.107. The third-order valence-corrected chi connectivity index (χ3v) is 7.69. The van der Waals surface area contributed by atoms with E-state index in [4.69, 9.17) is 0 Å². The molecular formula is C24H31N3O4S. The van der Waals surface area contributed by atoms with Gasteiger partial charge in [-0.15, -0.1) is 0 Å². The molecule has 0 atom stereocenters. The highest BCUT2D eigenvalue weighted by Crippen LogP contribution is 2.33. The topological polar surface area (TPSA) is 95.6 Å². The van der Waals surface area contributed by atoms with Gasteiger partial charge in [0.1, 0.15) is 0 Å². The van der Waals surface area contributed by atoms with Crippen LogP contribution in [-0.2, 0) is 19.6 Å². The predicted molar refractivity (Wildman–Crippen MR) is 126 cm³/mol. The maximum absolute atomic E-state index is 13.1. The minimum absolute atomic E-state index is 0.182. The van der Waals surface area contributed by atoms with Crippen LogP contribution in [0.2, 0.25) is 0 Å². The molecule has 0 heterocycles. The summed E-state index contributed by atoms with van der Waals surface area (Å²) in [7, 11) is -3.78. The zero-order valence-corrected chi connectivity index (χ0v) is 19.5. The van der Waals surface area contributed by atoms with Gasteiger partial charge in [-0.25, -0.2) is 8.42 Å². The molecule has 1 aliphatic rings. The van der Waals surface area contributed by atoms with E-state index in [1.165, 1.54) is 36.1 Å². The van der Waals surface area contributed by atoms with Gasteiger partial charge >= 0.3 is 0 Å². The molecule has 172 valence electrons. The van der Waals surface area contributed by atoms with Crippen LogP contribution in [0.15, 0.2) is 53.4 Å². The van der Waals surface area contributed by atoms with E-state index in [-0.39, 0.29) is 23.9 Å². The van der Waals surface area contributed by atoms with Crippen molar-refractivity contribution in [1.29, 1.82) is 0 Å². The first-order valence-electron chi connectivity index (χ1n) is 11.1. The van der Waals surface area contributed by atoms with Gasteiger partial charge in [0.2, 0.25) is 21.8 Å². The van der Waals surface area contributed by atoms with Gasteiger partial charge in [-0.1, -0.05) is 38.3 Å². The molecule has 32 heavy (non-hydrogen) atoms. The lowest BCUT2D eigenvalue weighted by molar-refractivity contribution is -0.116. The average molecular weight is 458 g/mol. The fourth-order valence-corrected chi connectivity index (χ4v) is 5.47. The fraction of sp³-hybridized carbons (Fsp3) is 0.417. The van der Waals surface area contributed by atoms with Gasteiger partial charge in [-0.3, -0.25) is 9.59 Å². The molecule has 0 unspecified atom stereocenters. The Morgan fingerprint density at radius 1 is 0.906 bits per heavy atom. The minimum atomic E-state index is -3.78. The first-order valence-corrected chi connectivity index (χ1v) is 12.5. The number of amides is 2. The van der Waals surface area contributed by atoms with E-state index in [0.29, 0.717) is 17.3 Å².